The minimum absolute atomic E-state index is 1.27. The Morgan fingerprint density at radius 2 is 0.568 bits per heavy atom. The zero-order chi connectivity index (χ0) is 29.6. The smallest absolute Gasteiger partial charge is 0.00928 e. The van der Waals surface area contributed by atoms with Crippen LogP contribution in [0.15, 0.2) is 158 Å². The molecule has 9 aromatic carbocycles. The van der Waals surface area contributed by atoms with Crippen LogP contribution in [0.3, 0.4) is 0 Å². The summed E-state index contributed by atoms with van der Waals surface area (Å²) in [7, 11) is 0. The van der Waals surface area contributed by atoms with E-state index in [0.717, 1.165) is 0 Å². The molecule has 0 aliphatic carbocycles. The molecule has 0 fully saturated rings. The van der Waals surface area contributed by atoms with Crippen LogP contribution in [0.2, 0.25) is 0 Å². The van der Waals surface area contributed by atoms with Gasteiger partial charge in [0.25, 0.3) is 0 Å². The van der Waals surface area contributed by atoms with Gasteiger partial charge >= 0.3 is 0 Å². The number of hydrogen-bond donors (Lipinski definition) is 0. The molecule has 0 unspecified atom stereocenters. The van der Waals surface area contributed by atoms with Crippen LogP contribution >= 0.6 is 0 Å². The molecule has 0 aromatic heterocycles. The number of rotatable bonds is 1. The lowest BCUT2D eigenvalue weighted by Gasteiger charge is -2.12. The molecule has 0 saturated carbocycles. The van der Waals surface area contributed by atoms with Crippen molar-refractivity contribution in [2.75, 3.05) is 0 Å². The van der Waals surface area contributed by atoms with Crippen LogP contribution in [0.5, 0.6) is 0 Å². The lowest BCUT2D eigenvalue weighted by molar-refractivity contribution is 1.47. The Morgan fingerprint density at radius 3 is 1.02 bits per heavy atom. The molecule has 0 heteroatoms. The fraction of sp³-hybridized carbons (Fsp3) is 0.0455. The first-order valence-electron chi connectivity index (χ1n) is 15.4. The SMILES string of the molecule is Cc1ccc2c3ccccc3c3ccccc3c2c1.Cc1cccc(-c2ccc3c4ccccc4c4ccccc4c3c2)c1. The Hall–Kier alpha value is -5.46. The second kappa shape index (κ2) is 10.7. The molecule has 0 nitrogen and oxygen atoms in total. The highest BCUT2D eigenvalue weighted by Gasteiger charge is 2.10. The molecule has 0 bridgehead atoms. The maximum absolute atomic E-state index is 2.35. The Kier molecular flexibility index (Phi) is 6.35. The van der Waals surface area contributed by atoms with Gasteiger partial charge in [0, 0.05) is 0 Å². The van der Waals surface area contributed by atoms with Crippen molar-refractivity contribution in [3.05, 3.63) is 169 Å². The van der Waals surface area contributed by atoms with Crippen LogP contribution in [0.4, 0.5) is 0 Å². The minimum Gasteiger partial charge on any atom is -0.0616 e. The standard InChI is InChI=1S/C25H18.C19H14/c1-17-7-6-8-18(15-17)19-13-14-24-22-11-3-2-9-20(22)21-10-4-5-12-23(21)25(24)16-19;1-13-10-11-18-16-8-3-2-6-14(16)15-7-4-5-9-17(15)19(18)12-13/h2-16H,1H3;2-12H,1H3. The summed E-state index contributed by atoms with van der Waals surface area (Å²) < 4.78 is 0. The fourth-order valence-electron chi connectivity index (χ4n) is 6.93. The van der Waals surface area contributed by atoms with Crippen molar-refractivity contribution in [2.24, 2.45) is 0 Å². The van der Waals surface area contributed by atoms with E-state index in [2.05, 4.69) is 172 Å². The van der Waals surface area contributed by atoms with Gasteiger partial charge in [-0.15, -0.1) is 0 Å². The van der Waals surface area contributed by atoms with Crippen molar-refractivity contribution in [3.63, 3.8) is 0 Å². The second-order valence-corrected chi connectivity index (χ2v) is 11.9. The molecule has 9 rings (SSSR count). The summed E-state index contributed by atoms with van der Waals surface area (Å²) in [6.07, 6.45) is 0. The highest BCUT2D eigenvalue weighted by atomic mass is 14.1. The number of benzene rings is 9. The van der Waals surface area contributed by atoms with Gasteiger partial charge in [0.2, 0.25) is 0 Å². The van der Waals surface area contributed by atoms with Crippen LogP contribution in [0, 0.1) is 13.8 Å². The van der Waals surface area contributed by atoms with Crippen molar-refractivity contribution < 1.29 is 0 Å². The molecule has 0 saturated heterocycles. The summed E-state index contributed by atoms with van der Waals surface area (Å²) in [5.41, 5.74) is 5.16. The van der Waals surface area contributed by atoms with Gasteiger partial charge in [-0.25, -0.2) is 0 Å². The lowest BCUT2D eigenvalue weighted by atomic mass is 9.92. The monoisotopic (exact) mass is 560 g/mol. The highest BCUT2D eigenvalue weighted by Crippen LogP contribution is 2.37. The van der Waals surface area contributed by atoms with Crippen LogP contribution < -0.4 is 0 Å². The van der Waals surface area contributed by atoms with E-state index in [-0.39, 0.29) is 0 Å². The van der Waals surface area contributed by atoms with E-state index >= 15 is 0 Å². The molecule has 0 amide bonds. The van der Waals surface area contributed by atoms with Crippen LogP contribution in [-0.4, -0.2) is 0 Å². The van der Waals surface area contributed by atoms with E-state index in [1.54, 1.807) is 0 Å². The molecule has 0 heterocycles. The van der Waals surface area contributed by atoms with Gasteiger partial charge in [0.15, 0.2) is 0 Å². The molecule has 0 N–H and O–H groups in total. The van der Waals surface area contributed by atoms with E-state index in [0.29, 0.717) is 0 Å². The topological polar surface area (TPSA) is 0 Å². The van der Waals surface area contributed by atoms with Gasteiger partial charge in [0.1, 0.15) is 0 Å². The molecule has 208 valence electrons. The highest BCUT2D eigenvalue weighted by molar-refractivity contribution is 6.26. The maximum atomic E-state index is 2.35. The van der Waals surface area contributed by atoms with Gasteiger partial charge in [-0.05, 0) is 95.7 Å². The average Bonchev–Trinajstić information content (AvgIpc) is 3.08. The van der Waals surface area contributed by atoms with Gasteiger partial charge in [-0.1, -0.05) is 163 Å². The predicted octanol–water partition coefficient (Wildman–Crippen LogP) is 12.6. The minimum atomic E-state index is 1.27. The summed E-state index contributed by atoms with van der Waals surface area (Å²) >= 11 is 0. The molecule has 44 heavy (non-hydrogen) atoms. The van der Waals surface area contributed by atoms with Crippen LogP contribution in [-0.2, 0) is 0 Å². The summed E-state index contributed by atoms with van der Waals surface area (Å²) in [5.74, 6) is 0. The summed E-state index contributed by atoms with van der Waals surface area (Å²) in [6, 6.07) is 57.2. The molecule has 9 aromatic rings. The maximum Gasteiger partial charge on any atom is -0.00928 e. The second-order valence-electron chi connectivity index (χ2n) is 11.9. The Labute approximate surface area is 257 Å². The first kappa shape index (κ1) is 26.2. The van der Waals surface area contributed by atoms with E-state index < -0.39 is 0 Å². The molecule has 0 spiro atoms. The Morgan fingerprint density at radius 1 is 0.227 bits per heavy atom. The Bertz CT molecular complexity index is 2440. The lowest BCUT2D eigenvalue weighted by Crippen LogP contribution is -1.85. The normalized spacial score (nSPS) is 11.4. The third-order valence-corrected chi connectivity index (χ3v) is 9.00. The third-order valence-electron chi connectivity index (χ3n) is 9.00. The predicted molar refractivity (Wildman–Crippen MR) is 193 cm³/mol. The molecular weight excluding hydrogens is 528 g/mol. The van der Waals surface area contributed by atoms with Gasteiger partial charge in [0.05, 0.1) is 0 Å². The van der Waals surface area contributed by atoms with E-state index in [9.17, 15) is 0 Å². The summed E-state index contributed by atoms with van der Waals surface area (Å²) in [6.45, 7) is 4.30. The van der Waals surface area contributed by atoms with Crippen molar-refractivity contribution in [2.45, 2.75) is 13.8 Å². The fourth-order valence-corrected chi connectivity index (χ4v) is 6.93. The number of hydrogen-bond acceptors (Lipinski definition) is 0. The van der Waals surface area contributed by atoms with E-state index in [1.165, 1.54) is 86.9 Å². The van der Waals surface area contributed by atoms with Gasteiger partial charge in [-0.2, -0.15) is 0 Å². The average molecular weight is 561 g/mol. The van der Waals surface area contributed by atoms with Crippen molar-refractivity contribution in [3.8, 4) is 11.1 Å². The van der Waals surface area contributed by atoms with E-state index in [1.807, 2.05) is 0 Å². The Balaban J connectivity index is 0.000000136. The molecule has 0 atom stereocenters. The van der Waals surface area contributed by atoms with Crippen LogP contribution in [0.1, 0.15) is 11.1 Å². The number of fused-ring (bicyclic) bond motifs is 12. The van der Waals surface area contributed by atoms with Crippen molar-refractivity contribution >= 4 is 64.6 Å². The number of aryl methyl sites for hydroxylation is 2. The van der Waals surface area contributed by atoms with Crippen LogP contribution in [0.25, 0.3) is 75.8 Å². The molecule has 0 aliphatic heterocycles. The van der Waals surface area contributed by atoms with E-state index in [4.69, 9.17) is 0 Å². The summed E-state index contributed by atoms with van der Waals surface area (Å²) in [4.78, 5) is 0. The third kappa shape index (κ3) is 4.39. The zero-order valence-electron chi connectivity index (χ0n) is 25.0. The molecular formula is C44H32. The molecule has 0 aliphatic rings. The largest absolute Gasteiger partial charge is 0.0616 e. The zero-order valence-corrected chi connectivity index (χ0v) is 25.0. The quantitative estimate of drug-likeness (QED) is 0.175. The van der Waals surface area contributed by atoms with Crippen molar-refractivity contribution in [1.82, 2.24) is 0 Å². The first-order valence-corrected chi connectivity index (χ1v) is 15.4. The van der Waals surface area contributed by atoms with Gasteiger partial charge in [-0.3, -0.25) is 0 Å². The molecule has 0 radical (unpaired) electrons. The van der Waals surface area contributed by atoms with Crippen molar-refractivity contribution in [1.29, 1.82) is 0 Å². The first-order chi connectivity index (χ1) is 21.7. The van der Waals surface area contributed by atoms with Gasteiger partial charge < -0.3 is 0 Å². The summed E-state index contributed by atoms with van der Waals surface area (Å²) in [5, 5.41) is 16.0.